The topological polar surface area (TPSA) is 78.4 Å². The summed E-state index contributed by atoms with van der Waals surface area (Å²) < 4.78 is 0. The van der Waals surface area contributed by atoms with E-state index in [4.69, 9.17) is 0 Å². The van der Waals surface area contributed by atoms with E-state index in [-0.39, 0.29) is 23.7 Å². The van der Waals surface area contributed by atoms with Gasteiger partial charge >= 0.3 is 0 Å². The highest BCUT2D eigenvalue weighted by atomic mass is 16.2. The Hall–Kier alpha value is -2.96. The Morgan fingerprint density at radius 2 is 1.89 bits per heavy atom. The third kappa shape index (κ3) is 4.07. The summed E-state index contributed by atoms with van der Waals surface area (Å²) in [5.74, 6) is 0.661. The van der Waals surface area contributed by atoms with Crippen molar-refractivity contribution >= 4 is 17.6 Å². The van der Waals surface area contributed by atoms with Gasteiger partial charge in [0, 0.05) is 51.3 Å². The van der Waals surface area contributed by atoms with Crippen molar-refractivity contribution in [3.8, 4) is 0 Å². The minimum absolute atomic E-state index is 0.0377. The van der Waals surface area contributed by atoms with Gasteiger partial charge in [0.15, 0.2) is 0 Å². The van der Waals surface area contributed by atoms with Crippen molar-refractivity contribution in [1.82, 2.24) is 20.2 Å². The van der Waals surface area contributed by atoms with Crippen LogP contribution in [0.4, 0.5) is 5.82 Å². The van der Waals surface area contributed by atoms with E-state index in [2.05, 4.69) is 20.2 Å². The largest absolute Gasteiger partial charge is 0.353 e. The third-order valence-corrected chi connectivity index (χ3v) is 5.20. The van der Waals surface area contributed by atoms with E-state index in [0.717, 1.165) is 24.5 Å². The molecule has 2 aromatic heterocycles. The number of rotatable bonds is 5. The van der Waals surface area contributed by atoms with E-state index >= 15 is 0 Å². The molecule has 7 nitrogen and oxygen atoms in total. The summed E-state index contributed by atoms with van der Waals surface area (Å²) in [5, 5.41) is 2.91. The van der Waals surface area contributed by atoms with E-state index in [0.29, 0.717) is 26.1 Å². The van der Waals surface area contributed by atoms with Gasteiger partial charge in [0.1, 0.15) is 5.82 Å². The fraction of sp³-hybridized carbons (Fsp3) is 0.400. The first kappa shape index (κ1) is 17.5. The van der Waals surface area contributed by atoms with Gasteiger partial charge in [0.05, 0.1) is 11.8 Å². The molecular formula is C20H23N5O2. The second-order valence-electron chi connectivity index (χ2n) is 7.03. The summed E-state index contributed by atoms with van der Waals surface area (Å²) >= 11 is 0. The minimum Gasteiger partial charge on any atom is -0.353 e. The van der Waals surface area contributed by atoms with Crippen molar-refractivity contribution in [3.05, 3.63) is 54.5 Å². The molecule has 1 aliphatic heterocycles. The van der Waals surface area contributed by atoms with E-state index < -0.39 is 0 Å². The fourth-order valence-corrected chi connectivity index (χ4v) is 3.51. The number of amides is 2. The summed E-state index contributed by atoms with van der Waals surface area (Å²) in [6.45, 7) is 3.35. The van der Waals surface area contributed by atoms with E-state index in [9.17, 15) is 9.59 Å². The van der Waals surface area contributed by atoms with E-state index in [1.54, 1.807) is 18.6 Å². The van der Waals surface area contributed by atoms with Gasteiger partial charge in [-0.1, -0.05) is 12.1 Å². The van der Waals surface area contributed by atoms with Crippen LogP contribution in [0.15, 0.2) is 48.9 Å². The molecule has 0 bridgehead atoms. The quantitative estimate of drug-likeness (QED) is 0.858. The molecule has 0 radical (unpaired) electrons. The molecule has 3 heterocycles. The molecule has 2 aliphatic rings. The normalized spacial score (nSPS) is 21.6. The van der Waals surface area contributed by atoms with Crippen molar-refractivity contribution in [2.75, 3.05) is 31.1 Å². The maximum absolute atomic E-state index is 12.7. The molecule has 27 heavy (non-hydrogen) atoms. The molecule has 1 saturated heterocycles. The number of pyridine rings is 2. The number of aromatic nitrogens is 2. The van der Waals surface area contributed by atoms with Crippen LogP contribution in [0, 0.1) is 11.8 Å². The zero-order valence-corrected chi connectivity index (χ0v) is 15.1. The van der Waals surface area contributed by atoms with Gasteiger partial charge in [-0.05, 0) is 30.2 Å². The Labute approximate surface area is 158 Å². The van der Waals surface area contributed by atoms with Crippen LogP contribution in [0.5, 0.6) is 0 Å². The van der Waals surface area contributed by atoms with Gasteiger partial charge in [-0.15, -0.1) is 0 Å². The maximum atomic E-state index is 12.7. The number of anilines is 1. The van der Waals surface area contributed by atoms with Crippen molar-refractivity contribution in [2.24, 2.45) is 11.8 Å². The van der Waals surface area contributed by atoms with Crippen molar-refractivity contribution in [2.45, 2.75) is 13.0 Å². The van der Waals surface area contributed by atoms with Crippen LogP contribution in [0.3, 0.4) is 0 Å². The standard InChI is InChI=1S/C20H23N5O2/c26-19(23-14-15-4-3-6-21-13-15)16-12-17(16)20(27)25-10-8-24(9-11-25)18-5-1-2-7-22-18/h1-7,13,16-17H,8-12,14H2,(H,23,26). The molecule has 2 atom stereocenters. The summed E-state index contributed by atoms with van der Waals surface area (Å²) in [6, 6.07) is 9.62. The average molecular weight is 365 g/mol. The Bertz CT molecular complexity index is 791. The highest BCUT2D eigenvalue weighted by Crippen LogP contribution is 2.40. The molecule has 2 fully saturated rings. The minimum atomic E-state index is -0.192. The van der Waals surface area contributed by atoms with Gasteiger partial charge in [0.25, 0.3) is 0 Å². The second kappa shape index (κ2) is 7.73. The highest BCUT2D eigenvalue weighted by molar-refractivity contribution is 5.92. The molecule has 4 rings (SSSR count). The molecule has 1 saturated carbocycles. The lowest BCUT2D eigenvalue weighted by Gasteiger charge is -2.35. The number of nitrogens with zero attached hydrogens (tertiary/aromatic N) is 4. The Kier molecular flexibility index (Phi) is 5.00. The monoisotopic (exact) mass is 365 g/mol. The predicted molar refractivity (Wildman–Crippen MR) is 101 cm³/mol. The fourth-order valence-electron chi connectivity index (χ4n) is 3.51. The highest BCUT2D eigenvalue weighted by Gasteiger charge is 2.49. The molecule has 2 unspecified atom stereocenters. The van der Waals surface area contributed by atoms with Crippen molar-refractivity contribution in [3.63, 3.8) is 0 Å². The summed E-state index contributed by atoms with van der Waals surface area (Å²) in [5.41, 5.74) is 0.958. The molecule has 2 aromatic rings. The SMILES string of the molecule is O=C(NCc1cccnc1)C1CC1C(=O)N1CCN(c2ccccn2)CC1. The first-order valence-electron chi connectivity index (χ1n) is 9.34. The van der Waals surface area contributed by atoms with Gasteiger partial charge in [-0.25, -0.2) is 4.98 Å². The predicted octanol–water partition coefficient (Wildman–Crippen LogP) is 1.08. The zero-order chi connectivity index (χ0) is 18.6. The van der Waals surface area contributed by atoms with Crippen LogP contribution in [0.2, 0.25) is 0 Å². The Morgan fingerprint density at radius 3 is 2.59 bits per heavy atom. The Morgan fingerprint density at radius 1 is 1.04 bits per heavy atom. The van der Waals surface area contributed by atoms with Crippen molar-refractivity contribution in [1.29, 1.82) is 0 Å². The van der Waals surface area contributed by atoms with E-state index in [1.165, 1.54) is 0 Å². The van der Waals surface area contributed by atoms with Crippen LogP contribution >= 0.6 is 0 Å². The lowest BCUT2D eigenvalue weighted by molar-refractivity contribution is -0.135. The van der Waals surface area contributed by atoms with Crippen LogP contribution in [-0.4, -0.2) is 52.9 Å². The first-order valence-corrected chi connectivity index (χ1v) is 9.34. The number of hydrogen-bond donors (Lipinski definition) is 1. The maximum Gasteiger partial charge on any atom is 0.226 e. The third-order valence-electron chi connectivity index (χ3n) is 5.20. The van der Waals surface area contributed by atoms with Crippen LogP contribution in [0.1, 0.15) is 12.0 Å². The van der Waals surface area contributed by atoms with Crippen molar-refractivity contribution < 1.29 is 9.59 Å². The number of carbonyl (C=O) groups is 2. The summed E-state index contributed by atoms with van der Waals surface area (Å²) in [6.07, 6.45) is 5.87. The number of hydrogen-bond acceptors (Lipinski definition) is 5. The molecule has 2 amide bonds. The van der Waals surface area contributed by atoms with Gasteiger partial charge in [-0.2, -0.15) is 0 Å². The van der Waals surface area contributed by atoms with Gasteiger partial charge in [-0.3, -0.25) is 14.6 Å². The molecule has 1 aliphatic carbocycles. The second-order valence-corrected chi connectivity index (χ2v) is 7.03. The van der Waals surface area contributed by atoms with Crippen LogP contribution < -0.4 is 10.2 Å². The van der Waals surface area contributed by atoms with Crippen LogP contribution in [0.25, 0.3) is 0 Å². The van der Waals surface area contributed by atoms with Crippen LogP contribution in [-0.2, 0) is 16.1 Å². The van der Waals surface area contributed by atoms with Gasteiger partial charge in [0.2, 0.25) is 11.8 Å². The van der Waals surface area contributed by atoms with Gasteiger partial charge < -0.3 is 15.1 Å². The zero-order valence-electron chi connectivity index (χ0n) is 15.1. The Balaban J connectivity index is 1.24. The van der Waals surface area contributed by atoms with E-state index in [1.807, 2.05) is 35.2 Å². The summed E-state index contributed by atoms with van der Waals surface area (Å²) in [4.78, 5) is 37.5. The molecule has 7 heteroatoms. The summed E-state index contributed by atoms with van der Waals surface area (Å²) in [7, 11) is 0. The molecule has 1 N–H and O–H groups in total. The lowest BCUT2D eigenvalue weighted by atomic mass is 10.2. The molecule has 0 aromatic carbocycles. The number of piperazine rings is 1. The number of carbonyl (C=O) groups excluding carboxylic acids is 2. The lowest BCUT2D eigenvalue weighted by Crippen LogP contribution is -2.49. The molecule has 140 valence electrons. The smallest absolute Gasteiger partial charge is 0.226 e. The molecular weight excluding hydrogens is 342 g/mol. The first-order chi connectivity index (χ1) is 13.2. The molecule has 0 spiro atoms. The average Bonchev–Trinajstić information content (AvgIpc) is 3.54. The number of nitrogens with one attached hydrogen (secondary N) is 1.